The lowest BCUT2D eigenvalue weighted by molar-refractivity contribution is 1.06. The van der Waals surface area contributed by atoms with Gasteiger partial charge in [-0.05, 0) is 0 Å². The fourth-order valence-corrected chi connectivity index (χ4v) is 0.526. The number of rotatable bonds is 4. The van der Waals surface area contributed by atoms with Gasteiger partial charge in [0, 0.05) is 0 Å². The van der Waals surface area contributed by atoms with E-state index in [9.17, 15) is 0 Å². The predicted molar refractivity (Wildman–Crippen MR) is 37.5 cm³/mol. The summed E-state index contributed by atoms with van der Waals surface area (Å²) in [5.74, 6) is 0. The summed E-state index contributed by atoms with van der Waals surface area (Å²) in [5.41, 5.74) is 0. The van der Waals surface area contributed by atoms with E-state index < -0.39 is 0 Å². The minimum absolute atomic E-state index is 1.27. The largest absolute Gasteiger partial charge is 0.105 e. The van der Waals surface area contributed by atoms with Crippen LogP contribution in [-0.4, -0.2) is 14.6 Å². The van der Waals surface area contributed by atoms with Crippen LogP contribution in [0.15, 0.2) is 0 Å². The van der Waals surface area contributed by atoms with Crippen molar-refractivity contribution >= 4 is 14.6 Å². The molecule has 0 unspecified atom stereocenters. The first-order valence-corrected chi connectivity index (χ1v) is 2.97. The molecular formula is C5H12B2. The molecule has 38 valence electrons. The second-order valence-electron chi connectivity index (χ2n) is 1.75. The second-order valence-corrected chi connectivity index (χ2v) is 1.75. The highest BCUT2D eigenvalue weighted by atomic mass is 13.7. The van der Waals surface area contributed by atoms with Gasteiger partial charge in [0.05, 0.1) is 0 Å². The van der Waals surface area contributed by atoms with E-state index in [0.29, 0.717) is 0 Å². The zero-order chi connectivity index (χ0) is 5.54. The molecule has 0 rings (SSSR count). The highest BCUT2D eigenvalue weighted by Crippen LogP contribution is 1.93. The quantitative estimate of drug-likeness (QED) is 0.367. The molecule has 2 heteroatoms. The van der Waals surface area contributed by atoms with E-state index in [1.807, 2.05) is 0 Å². The average Bonchev–Trinajstić information content (AvgIpc) is 1.69. The van der Waals surface area contributed by atoms with Crippen LogP contribution in [0.2, 0.25) is 26.3 Å². The van der Waals surface area contributed by atoms with Gasteiger partial charge in [0.25, 0.3) is 0 Å². The fraction of sp³-hybridized carbons (Fsp3) is 1.00. The number of hydrogen-bond donors (Lipinski definition) is 0. The Labute approximate surface area is 48.2 Å². The minimum atomic E-state index is 1.27. The van der Waals surface area contributed by atoms with Gasteiger partial charge in [-0.15, -0.1) is 0 Å². The highest BCUT2D eigenvalue weighted by Gasteiger charge is 1.82. The van der Waals surface area contributed by atoms with E-state index in [0.717, 1.165) is 0 Å². The van der Waals surface area contributed by atoms with Crippen LogP contribution in [0.25, 0.3) is 0 Å². The average molecular weight is 93.8 g/mol. The Hall–Kier alpha value is 0.130. The molecule has 0 saturated heterocycles. The first kappa shape index (κ1) is 7.13. The van der Waals surface area contributed by atoms with E-state index >= 15 is 0 Å². The maximum atomic E-state index is 2.21. The molecule has 0 bridgehead atoms. The Morgan fingerprint density at radius 2 is 1.43 bits per heavy atom. The maximum Gasteiger partial charge on any atom is 0.105 e. The third-order valence-corrected chi connectivity index (χ3v) is 0.986. The molecule has 0 saturated carbocycles. The van der Waals surface area contributed by atoms with Crippen molar-refractivity contribution in [2.75, 3.05) is 0 Å². The van der Waals surface area contributed by atoms with Gasteiger partial charge in [-0.3, -0.25) is 0 Å². The molecule has 0 atom stereocenters. The molecular weight excluding hydrogens is 81.7 g/mol. The minimum Gasteiger partial charge on any atom is -0.0920 e. The van der Waals surface area contributed by atoms with Crippen molar-refractivity contribution in [1.29, 1.82) is 0 Å². The van der Waals surface area contributed by atoms with Gasteiger partial charge in [0.2, 0.25) is 0 Å². The van der Waals surface area contributed by atoms with Gasteiger partial charge in [-0.25, -0.2) is 0 Å². The molecule has 0 aliphatic rings. The van der Waals surface area contributed by atoms with Crippen LogP contribution in [-0.2, 0) is 0 Å². The van der Waals surface area contributed by atoms with Gasteiger partial charge >= 0.3 is 0 Å². The molecule has 0 N–H and O–H groups in total. The third kappa shape index (κ3) is 6.13. The third-order valence-electron chi connectivity index (χ3n) is 0.986. The SMILES string of the molecule is C[B]CCC[B]C. The molecule has 0 nitrogen and oxygen atoms in total. The van der Waals surface area contributed by atoms with Crippen molar-refractivity contribution in [2.24, 2.45) is 0 Å². The summed E-state index contributed by atoms with van der Waals surface area (Å²) in [5, 5.41) is 0. The van der Waals surface area contributed by atoms with E-state index in [-0.39, 0.29) is 0 Å². The smallest absolute Gasteiger partial charge is 0.0920 e. The van der Waals surface area contributed by atoms with Crippen molar-refractivity contribution in [1.82, 2.24) is 0 Å². The Bertz CT molecular complexity index is 25.3. The second kappa shape index (κ2) is 6.13. The molecule has 0 aromatic heterocycles. The lowest BCUT2D eigenvalue weighted by atomic mass is 9.69. The molecule has 0 spiro atoms. The Morgan fingerprint density at radius 3 is 1.71 bits per heavy atom. The maximum absolute atomic E-state index is 2.21. The molecule has 2 radical (unpaired) electrons. The molecule has 0 fully saturated rings. The molecule has 0 heterocycles. The Balaban J connectivity index is 2.45. The van der Waals surface area contributed by atoms with Crippen LogP contribution in [0.5, 0.6) is 0 Å². The monoisotopic (exact) mass is 94.1 g/mol. The summed E-state index contributed by atoms with van der Waals surface area (Å²) in [4.78, 5) is 0. The van der Waals surface area contributed by atoms with E-state index in [4.69, 9.17) is 0 Å². The van der Waals surface area contributed by atoms with Crippen LogP contribution in [0, 0.1) is 0 Å². The van der Waals surface area contributed by atoms with Crippen LogP contribution < -0.4 is 0 Å². The molecule has 0 aromatic rings. The van der Waals surface area contributed by atoms with Crippen LogP contribution in [0.4, 0.5) is 0 Å². The summed E-state index contributed by atoms with van der Waals surface area (Å²) in [7, 11) is 4.42. The molecule has 0 aliphatic carbocycles. The molecule has 0 aliphatic heterocycles. The van der Waals surface area contributed by atoms with Gasteiger partial charge < -0.3 is 0 Å². The lowest BCUT2D eigenvalue weighted by Crippen LogP contribution is -1.83. The van der Waals surface area contributed by atoms with Gasteiger partial charge in [0.15, 0.2) is 0 Å². The Kier molecular flexibility index (Phi) is 6.24. The van der Waals surface area contributed by atoms with E-state index in [2.05, 4.69) is 28.2 Å². The molecule has 0 amide bonds. The van der Waals surface area contributed by atoms with E-state index in [1.54, 1.807) is 0 Å². The summed E-state index contributed by atoms with van der Waals surface area (Å²) in [6.45, 7) is 4.21. The van der Waals surface area contributed by atoms with E-state index in [1.165, 1.54) is 19.1 Å². The topological polar surface area (TPSA) is 0 Å². The van der Waals surface area contributed by atoms with Gasteiger partial charge in [-0.1, -0.05) is 32.7 Å². The van der Waals surface area contributed by atoms with Crippen LogP contribution in [0.1, 0.15) is 6.42 Å². The summed E-state index contributed by atoms with van der Waals surface area (Å²) < 4.78 is 0. The highest BCUT2D eigenvalue weighted by molar-refractivity contribution is 6.35. The molecule has 0 aromatic carbocycles. The standard InChI is InChI=1S/C5H12B2/c1-6-4-3-5-7-2/h3-5H2,1-2H3. The first-order chi connectivity index (χ1) is 3.41. The van der Waals surface area contributed by atoms with Crippen LogP contribution >= 0.6 is 0 Å². The van der Waals surface area contributed by atoms with Crippen LogP contribution in [0.3, 0.4) is 0 Å². The van der Waals surface area contributed by atoms with Crippen molar-refractivity contribution in [2.45, 2.75) is 32.7 Å². The zero-order valence-electron chi connectivity index (χ0n) is 5.28. The van der Waals surface area contributed by atoms with Gasteiger partial charge in [0.1, 0.15) is 14.6 Å². The van der Waals surface area contributed by atoms with Gasteiger partial charge in [-0.2, -0.15) is 0 Å². The predicted octanol–water partition coefficient (Wildman–Crippen LogP) is 1.72. The van der Waals surface area contributed by atoms with Crippen molar-refractivity contribution < 1.29 is 0 Å². The Morgan fingerprint density at radius 1 is 1.00 bits per heavy atom. The fourth-order valence-electron chi connectivity index (χ4n) is 0.526. The molecule has 7 heavy (non-hydrogen) atoms. The zero-order valence-corrected chi connectivity index (χ0v) is 5.28. The van der Waals surface area contributed by atoms with Crippen molar-refractivity contribution in [3.8, 4) is 0 Å². The normalized spacial score (nSPS) is 8.29. The van der Waals surface area contributed by atoms with Crippen molar-refractivity contribution in [3.05, 3.63) is 0 Å². The summed E-state index contributed by atoms with van der Waals surface area (Å²) >= 11 is 0. The summed E-state index contributed by atoms with van der Waals surface area (Å²) in [6, 6.07) is 0. The van der Waals surface area contributed by atoms with Crippen molar-refractivity contribution in [3.63, 3.8) is 0 Å². The first-order valence-electron chi connectivity index (χ1n) is 2.97. The summed E-state index contributed by atoms with van der Waals surface area (Å²) in [6.07, 6.45) is 3.86. The number of hydrogen-bond acceptors (Lipinski definition) is 0. The lowest BCUT2D eigenvalue weighted by Gasteiger charge is -1.88.